The molecule has 1 unspecified atom stereocenters. The predicted molar refractivity (Wildman–Crippen MR) is 72.5 cm³/mol. The Morgan fingerprint density at radius 1 is 0.958 bits per heavy atom. The van der Waals surface area contributed by atoms with E-state index in [1.54, 1.807) is 12.1 Å². The molecule has 1 aromatic rings. The second-order valence-electron chi connectivity index (χ2n) is 4.92. The van der Waals surface area contributed by atoms with Crippen LogP contribution in [0.5, 0.6) is 0 Å². The zero-order valence-electron chi connectivity index (χ0n) is 11.9. The molecule has 1 rings (SSSR count). The summed E-state index contributed by atoms with van der Waals surface area (Å²) in [5.41, 5.74) is -7.60. The number of alkyl halides is 6. The number of nitrogens with zero attached hydrogens (tertiary/aromatic N) is 2. The van der Waals surface area contributed by atoms with Gasteiger partial charge in [-0.25, -0.2) is 0 Å². The number of halogens is 6. The summed E-state index contributed by atoms with van der Waals surface area (Å²) in [6, 6.07) is 6.76. The standard InChI is InChI=1S/C14H10F6N2OS/c15-13(16,17)11-3-1-10(2-4-11)7-12(8-21,9-22)5-6-24(23)14(18,19)20/h1-4H,5-7H2. The van der Waals surface area contributed by atoms with Gasteiger partial charge in [-0.05, 0) is 24.1 Å². The van der Waals surface area contributed by atoms with Crippen LogP contribution in [0, 0.1) is 28.1 Å². The summed E-state index contributed by atoms with van der Waals surface area (Å²) in [5.74, 6) is -0.939. The van der Waals surface area contributed by atoms with Crippen LogP contribution in [0.4, 0.5) is 26.3 Å². The van der Waals surface area contributed by atoms with E-state index >= 15 is 0 Å². The Morgan fingerprint density at radius 2 is 1.46 bits per heavy atom. The fourth-order valence-corrected chi connectivity index (χ4v) is 2.61. The highest BCUT2D eigenvalue weighted by molar-refractivity contribution is 7.85. The fourth-order valence-electron chi connectivity index (χ4n) is 1.85. The summed E-state index contributed by atoms with van der Waals surface area (Å²) in [5, 5.41) is 18.2. The van der Waals surface area contributed by atoms with E-state index in [9.17, 15) is 30.6 Å². The van der Waals surface area contributed by atoms with E-state index in [4.69, 9.17) is 10.5 Å². The van der Waals surface area contributed by atoms with Crippen molar-refractivity contribution in [2.45, 2.75) is 24.5 Å². The van der Waals surface area contributed by atoms with Crippen LogP contribution in [0.2, 0.25) is 0 Å². The molecule has 10 heteroatoms. The third-order valence-electron chi connectivity index (χ3n) is 3.19. The van der Waals surface area contributed by atoms with Gasteiger partial charge in [-0.3, -0.25) is 4.21 Å². The van der Waals surface area contributed by atoms with Crippen molar-refractivity contribution in [3.63, 3.8) is 0 Å². The quantitative estimate of drug-likeness (QED) is 0.740. The monoisotopic (exact) mass is 368 g/mol. The topological polar surface area (TPSA) is 64.7 Å². The molecule has 0 N–H and O–H groups in total. The van der Waals surface area contributed by atoms with Gasteiger partial charge in [0.25, 0.3) is 0 Å². The molecule has 0 aliphatic carbocycles. The predicted octanol–water partition coefficient (Wildman–Crippen LogP) is 3.94. The summed E-state index contributed by atoms with van der Waals surface area (Å²) in [6.07, 6.45) is -5.54. The van der Waals surface area contributed by atoms with Gasteiger partial charge in [-0.2, -0.15) is 36.9 Å². The largest absolute Gasteiger partial charge is 0.471 e. The molecule has 0 heterocycles. The first-order valence-electron chi connectivity index (χ1n) is 6.37. The summed E-state index contributed by atoms with van der Waals surface area (Å²) in [4.78, 5) is 0. The lowest BCUT2D eigenvalue weighted by Gasteiger charge is -2.19. The second kappa shape index (κ2) is 7.22. The van der Waals surface area contributed by atoms with E-state index in [0.717, 1.165) is 24.3 Å². The van der Waals surface area contributed by atoms with Crippen molar-refractivity contribution in [1.82, 2.24) is 0 Å². The number of rotatable bonds is 5. The minimum absolute atomic E-state index is 0.184. The molecule has 0 fully saturated rings. The van der Waals surface area contributed by atoms with Crippen molar-refractivity contribution in [2.75, 3.05) is 5.75 Å². The molecule has 0 bridgehead atoms. The molecule has 1 aromatic carbocycles. The van der Waals surface area contributed by atoms with E-state index < -0.39 is 45.6 Å². The Morgan fingerprint density at radius 3 is 1.83 bits per heavy atom. The first-order chi connectivity index (χ1) is 10.9. The lowest BCUT2D eigenvalue weighted by Crippen LogP contribution is -2.26. The van der Waals surface area contributed by atoms with Gasteiger partial charge >= 0.3 is 11.7 Å². The molecule has 0 aliphatic heterocycles. The van der Waals surface area contributed by atoms with Gasteiger partial charge in [-0.15, -0.1) is 0 Å². The maximum atomic E-state index is 12.5. The Balaban J connectivity index is 2.92. The van der Waals surface area contributed by atoms with E-state index in [2.05, 4.69) is 0 Å². The van der Waals surface area contributed by atoms with Crippen LogP contribution in [0.1, 0.15) is 17.5 Å². The van der Waals surface area contributed by atoms with Gasteiger partial charge < -0.3 is 0 Å². The maximum Gasteiger partial charge on any atom is 0.471 e. The summed E-state index contributed by atoms with van der Waals surface area (Å²) >= 11 is 0. The van der Waals surface area contributed by atoms with Gasteiger partial charge in [0.2, 0.25) is 0 Å². The fraction of sp³-hybridized carbons (Fsp3) is 0.429. The first-order valence-corrected chi connectivity index (χ1v) is 7.69. The lowest BCUT2D eigenvalue weighted by molar-refractivity contribution is -0.137. The van der Waals surface area contributed by atoms with Crippen molar-refractivity contribution < 1.29 is 30.6 Å². The zero-order valence-corrected chi connectivity index (χ0v) is 12.7. The van der Waals surface area contributed by atoms with Crippen LogP contribution in [0.3, 0.4) is 0 Å². The number of nitriles is 2. The Hall–Kier alpha value is -2.07. The van der Waals surface area contributed by atoms with E-state index in [-0.39, 0.29) is 12.0 Å². The Kier molecular flexibility index (Phi) is 6.01. The third-order valence-corrected chi connectivity index (χ3v) is 4.28. The zero-order chi connectivity index (χ0) is 18.6. The highest BCUT2D eigenvalue weighted by Gasteiger charge is 2.39. The van der Waals surface area contributed by atoms with Gasteiger partial charge in [0.05, 0.1) is 17.7 Å². The molecule has 0 spiro atoms. The molecule has 3 nitrogen and oxygen atoms in total. The van der Waals surface area contributed by atoms with Crippen LogP contribution in [-0.4, -0.2) is 15.5 Å². The molecule has 0 amide bonds. The van der Waals surface area contributed by atoms with E-state index in [1.807, 2.05) is 0 Å². The van der Waals surface area contributed by atoms with Gasteiger partial charge in [-0.1, -0.05) is 12.1 Å². The average molecular weight is 368 g/mol. The van der Waals surface area contributed by atoms with Gasteiger partial charge in [0.15, 0.2) is 0 Å². The summed E-state index contributed by atoms with van der Waals surface area (Å²) in [6.45, 7) is 0. The minimum atomic E-state index is -4.95. The van der Waals surface area contributed by atoms with Crippen LogP contribution in [-0.2, 0) is 23.4 Å². The van der Waals surface area contributed by atoms with Crippen molar-refractivity contribution in [3.8, 4) is 12.1 Å². The Labute approximate surface area is 136 Å². The smallest absolute Gasteiger partial charge is 0.251 e. The average Bonchev–Trinajstić information content (AvgIpc) is 2.50. The van der Waals surface area contributed by atoms with Crippen LogP contribution in [0.15, 0.2) is 24.3 Å². The third kappa shape index (κ3) is 5.24. The molecule has 0 aliphatic rings. The Bertz CT molecular complexity index is 668. The van der Waals surface area contributed by atoms with E-state index in [1.165, 1.54) is 0 Å². The van der Waals surface area contributed by atoms with Crippen molar-refractivity contribution in [2.24, 2.45) is 5.41 Å². The van der Waals surface area contributed by atoms with Crippen LogP contribution >= 0.6 is 0 Å². The molecule has 0 saturated heterocycles. The summed E-state index contributed by atoms with van der Waals surface area (Å²) in [7, 11) is -3.21. The number of benzene rings is 1. The molecular formula is C14H10F6N2OS. The first kappa shape index (κ1) is 20.0. The molecule has 0 saturated carbocycles. The van der Waals surface area contributed by atoms with Crippen molar-refractivity contribution in [3.05, 3.63) is 35.4 Å². The molecule has 0 aromatic heterocycles. The van der Waals surface area contributed by atoms with Gasteiger partial charge in [0.1, 0.15) is 16.2 Å². The number of hydrogen-bond donors (Lipinski definition) is 0. The van der Waals surface area contributed by atoms with Gasteiger partial charge in [0, 0.05) is 12.2 Å². The molecule has 0 radical (unpaired) electrons. The van der Waals surface area contributed by atoms with E-state index in [0.29, 0.717) is 0 Å². The van der Waals surface area contributed by atoms with Crippen molar-refractivity contribution >= 4 is 10.8 Å². The normalized spacial score (nSPS) is 13.8. The minimum Gasteiger partial charge on any atom is -0.251 e. The van der Waals surface area contributed by atoms with Crippen LogP contribution < -0.4 is 0 Å². The maximum absolute atomic E-state index is 12.5. The second-order valence-corrected chi connectivity index (χ2v) is 6.48. The van der Waals surface area contributed by atoms with Crippen LogP contribution in [0.25, 0.3) is 0 Å². The lowest BCUT2D eigenvalue weighted by atomic mass is 9.82. The molecular weight excluding hydrogens is 358 g/mol. The molecule has 1 atom stereocenters. The highest BCUT2D eigenvalue weighted by atomic mass is 32.2. The number of hydrogen-bond acceptors (Lipinski definition) is 3. The SMILES string of the molecule is N#CC(C#N)(CCS(=O)C(F)(F)F)Cc1ccc(C(F)(F)F)cc1. The summed E-state index contributed by atoms with van der Waals surface area (Å²) < 4.78 is 85.1. The van der Waals surface area contributed by atoms with Crippen molar-refractivity contribution in [1.29, 1.82) is 10.5 Å². The highest BCUT2D eigenvalue weighted by Crippen LogP contribution is 2.32. The molecule has 130 valence electrons. The molecule has 24 heavy (non-hydrogen) atoms.